The summed E-state index contributed by atoms with van der Waals surface area (Å²) in [6.07, 6.45) is 5.54. The Morgan fingerprint density at radius 1 is 1.33 bits per heavy atom. The standard InChI is InChI=1S/C11H20O/c1-10(2)6-5-7-11(3)8-9-12-4/h7H,1,5-6,8-9H2,2-4H3/b11-7-. The van der Waals surface area contributed by atoms with Gasteiger partial charge in [-0.1, -0.05) is 17.2 Å². The number of ether oxygens (including phenoxy) is 1. The van der Waals surface area contributed by atoms with Gasteiger partial charge in [0.05, 0.1) is 0 Å². The second-order valence-corrected chi connectivity index (χ2v) is 3.29. The molecule has 0 fully saturated rings. The molecule has 1 nitrogen and oxygen atoms in total. The Morgan fingerprint density at radius 3 is 2.50 bits per heavy atom. The highest BCUT2D eigenvalue weighted by molar-refractivity contribution is 5.00. The number of methoxy groups -OCH3 is 1. The molecule has 0 aliphatic heterocycles. The van der Waals surface area contributed by atoms with Gasteiger partial charge in [-0.15, -0.1) is 6.58 Å². The van der Waals surface area contributed by atoms with Crippen LogP contribution in [0.3, 0.4) is 0 Å². The van der Waals surface area contributed by atoms with Gasteiger partial charge in [0.25, 0.3) is 0 Å². The molecule has 0 aromatic carbocycles. The number of hydrogen-bond acceptors (Lipinski definition) is 1. The van der Waals surface area contributed by atoms with E-state index in [0.717, 1.165) is 25.9 Å². The third-order valence-corrected chi connectivity index (χ3v) is 1.76. The normalized spacial score (nSPS) is 11.8. The van der Waals surface area contributed by atoms with Crippen LogP contribution < -0.4 is 0 Å². The molecule has 0 aromatic rings. The van der Waals surface area contributed by atoms with Gasteiger partial charge in [-0.2, -0.15) is 0 Å². The van der Waals surface area contributed by atoms with E-state index in [0.29, 0.717) is 0 Å². The minimum atomic E-state index is 0.829. The highest BCUT2D eigenvalue weighted by Gasteiger charge is 1.89. The highest BCUT2D eigenvalue weighted by Crippen LogP contribution is 2.06. The lowest BCUT2D eigenvalue weighted by Crippen LogP contribution is -1.89. The Hall–Kier alpha value is -0.560. The predicted octanol–water partition coefficient (Wildman–Crippen LogP) is 3.33. The molecule has 0 aromatic heterocycles. The van der Waals surface area contributed by atoms with Gasteiger partial charge in [-0.05, 0) is 33.1 Å². The lowest BCUT2D eigenvalue weighted by Gasteiger charge is -2.00. The van der Waals surface area contributed by atoms with Crippen molar-refractivity contribution >= 4 is 0 Å². The quantitative estimate of drug-likeness (QED) is 0.553. The zero-order valence-electron chi connectivity index (χ0n) is 8.52. The Labute approximate surface area is 76.1 Å². The van der Waals surface area contributed by atoms with Crippen molar-refractivity contribution in [3.8, 4) is 0 Å². The van der Waals surface area contributed by atoms with Gasteiger partial charge >= 0.3 is 0 Å². The van der Waals surface area contributed by atoms with Crippen LogP contribution in [0.2, 0.25) is 0 Å². The molecule has 0 saturated heterocycles. The third-order valence-electron chi connectivity index (χ3n) is 1.76. The van der Waals surface area contributed by atoms with E-state index in [1.54, 1.807) is 7.11 Å². The van der Waals surface area contributed by atoms with E-state index in [4.69, 9.17) is 4.74 Å². The minimum Gasteiger partial charge on any atom is -0.384 e. The van der Waals surface area contributed by atoms with Crippen LogP contribution in [0.4, 0.5) is 0 Å². The molecular weight excluding hydrogens is 148 g/mol. The average molecular weight is 168 g/mol. The second kappa shape index (κ2) is 7.11. The Balaban J connectivity index is 3.47. The summed E-state index contributed by atoms with van der Waals surface area (Å²) in [7, 11) is 1.74. The molecule has 0 N–H and O–H groups in total. The van der Waals surface area contributed by atoms with Crippen LogP contribution in [0.25, 0.3) is 0 Å². The molecule has 0 atom stereocenters. The fourth-order valence-electron chi connectivity index (χ4n) is 0.930. The van der Waals surface area contributed by atoms with Crippen LogP contribution in [0.15, 0.2) is 23.8 Å². The first-order chi connectivity index (χ1) is 5.66. The average Bonchev–Trinajstić information content (AvgIpc) is 2.00. The Bertz CT molecular complexity index is 156. The molecule has 0 saturated carbocycles. The summed E-state index contributed by atoms with van der Waals surface area (Å²) >= 11 is 0. The van der Waals surface area contributed by atoms with Gasteiger partial charge in [-0.25, -0.2) is 0 Å². The molecule has 0 radical (unpaired) electrons. The first-order valence-corrected chi connectivity index (χ1v) is 4.45. The van der Waals surface area contributed by atoms with Crippen molar-refractivity contribution in [1.82, 2.24) is 0 Å². The lowest BCUT2D eigenvalue weighted by atomic mass is 10.1. The van der Waals surface area contributed by atoms with Crippen molar-refractivity contribution < 1.29 is 4.74 Å². The zero-order valence-corrected chi connectivity index (χ0v) is 8.52. The van der Waals surface area contributed by atoms with Gasteiger partial charge in [-0.3, -0.25) is 0 Å². The summed E-state index contributed by atoms with van der Waals surface area (Å²) in [5.74, 6) is 0. The lowest BCUT2D eigenvalue weighted by molar-refractivity contribution is 0.202. The summed E-state index contributed by atoms with van der Waals surface area (Å²) in [5, 5.41) is 0. The molecule has 1 heteroatoms. The Kier molecular flexibility index (Phi) is 6.78. The minimum absolute atomic E-state index is 0.829. The third kappa shape index (κ3) is 7.55. The van der Waals surface area contributed by atoms with Crippen LogP contribution >= 0.6 is 0 Å². The summed E-state index contributed by atoms with van der Waals surface area (Å²) in [5.41, 5.74) is 2.67. The second-order valence-electron chi connectivity index (χ2n) is 3.29. The van der Waals surface area contributed by atoms with Crippen LogP contribution in [0.1, 0.15) is 33.1 Å². The summed E-state index contributed by atoms with van der Waals surface area (Å²) in [6, 6.07) is 0. The molecule has 0 heterocycles. The first kappa shape index (κ1) is 11.4. The van der Waals surface area contributed by atoms with Crippen molar-refractivity contribution in [3.63, 3.8) is 0 Å². The molecule has 0 unspecified atom stereocenters. The van der Waals surface area contributed by atoms with Crippen LogP contribution in [-0.2, 0) is 4.74 Å². The van der Waals surface area contributed by atoms with Crippen molar-refractivity contribution in [3.05, 3.63) is 23.8 Å². The maximum absolute atomic E-state index is 4.98. The maximum Gasteiger partial charge on any atom is 0.0499 e. The van der Waals surface area contributed by atoms with E-state index < -0.39 is 0 Å². The molecule has 70 valence electrons. The molecule has 0 aliphatic carbocycles. The fraction of sp³-hybridized carbons (Fsp3) is 0.636. The summed E-state index contributed by atoms with van der Waals surface area (Å²) in [4.78, 5) is 0. The number of allylic oxidation sites excluding steroid dienone is 2. The molecule has 0 amide bonds. The summed E-state index contributed by atoms with van der Waals surface area (Å²) < 4.78 is 4.98. The zero-order chi connectivity index (χ0) is 9.40. The van der Waals surface area contributed by atoms with Gasteiger partial charge in [0, 0.05) is 13.7 Å². The Morgan fingerprint density at radius 2 is 2.00 bits per heavy atom. The maximum atomic E-state index is 4.98. The van der Waals surface area contributed by atoms with Crippen LogP contribution in [-0.4, -0.2) is 13.7 Å². The molecule has 0 rings (SSSR count). The van der Waals surface area contributed by atoms with Crippen LogP contribution in [0, 0.1) is 0 Å². The molecule has 0 aliphatic rings. The first-order valence-electron chi connectivity index (χ1n) is 4.45. The predicted molar refractivity (Wildman–Crippen MR) is 54.3 cm³/mol. The largest absolute Gasteiger partial charge is 0.384 e. The van der Waals surface area contributed by atoms with E-state index in [1.807, 2.05) is 0 Å². The van der Waals surface area contributed by atoms with Crippen molar-refractivity contribution in [2.75, 3.05) is 13.7 Å². The smallest absolute Gasteiger partial charge is 0.0499 e. The number of hydrogen-bond donors (Lipinski definition) is 0. The van der Waals surface area contributed by atoms with E-state index in [1.165, 1.54) is 11.1 Å². The van der Waals surface area contributed by atoms with Gasteiger partial charge in [0.15, 0.2) is 0 Å². The molecule has 0 spiro atoms. The van der Waals surface area contributed by atoms with Crippen molar-refractivity contribution in [2.45, 2.75) is 33.1 Å². The summed E-state index contributed by atoms with van der Waals surface area (Å²) in [6.45, 7) is 8.91. The SMILES string of the molecule is C=C(C)CC/C=C(/C)CCOC. The van der Waals surface area contributed by atoms with Gasteiger partial charge in [0.1, 0.15) is 0 Å². The molecular formula is C11H20O. The van der Waals surface area contributed by atoms with E-state index in [9.17, 15) is 0 Å². The van der Waals surface area contributed by atoms with E-state index in [2.05, 4.69) is 26.5 Å². The van der Waals surface area contributed by atoms with Crippen LogP contribution in [0.5, 0.6) is 0 Å². The van der Waals surface area contributed by atoms with Crippen molar-refractivity contribution in [1.29, 1.82) is 0 Å². The van der Waals surface area contributed by atoms with Gasteiger partial charge in [0.2, 0.25) is 0 Å². The monoisotopic (exact) mass is 168 g/mol. The molecule has 0 bridgehead atoms. The highest BCUT2D eigenvalue weighted by atomic mass is 16.5. The van der Waals surface area contributed by atoms with E-state index >= 15 is 0 Å². The van der Waals surface area contributed by atoms with Gasteiger partial charge < -0.3 is 4.74 Å². The number of rotatable bonds is 6. The molecule has 12 heavy (non-hydrogen) atoms. The topological polar surface area (TPSA) is 9.23 Å². The van der Waals surface area contributed by atoms with Crippen molar-refractivity contribution in [2.24, 2.45) is 0 Å². The van der Waals surface area contributed by atoms with E-state index in [-0.39, 0.29) is 0 Å². The fourth-order valence-corrected chi connectivity index (χ4v) is 0.930.